The summed E-state index contributed by atoms with van der Waals surface area (Å²) in [5.74, 6) is 0. The van der Waals surface area contributed by atoms with Crippen LogP contribution >= 0.6 is 11.9 Å². The first-order valence-electron chi connectivity index (χ1n) is 0.944. The fourth-order valence-electron chi connectivity index (χ4n) is 0. The lowest BCUT2D eigenvalue weighted by atomic mass is 10.3. The molecule has 0 aliphatic heterocycles. The quantitative estimate of drug-likeness (QED) is 0.277. The molecule has 0 unspecified atom stereocenters. The first kappa shape index (κ1) is 9.50. The standard InChI is InChI=1S/BH3O3.ClHO/c2-1(3)4;1-2/h2-4H;2H. The lowest BCUT2D eigenvalue weighted by Crippen LogP contribution is -2.07. The van der Waals surface area contributed by atoms with Crippen molar-refractivity contribution in [2.75, 3.05) is 0 Å². The molecule has 0 aromatic heterocycles. The van der Waals surface area contributed by atoms with Crippen molar-refractivity contribution in [3.8, 4) is 0 Å². The van der Waals surface area contributed by atoms with Crippen LogP contribution in [0.5, 0.6) is 0 Å². The van der Waals surface area contributed by atoms with E-state index in [0.717, 1.165) is 0 Å². The van der Waals surface area contributed by atoms with Crippen LogP contribution in [0.4, 0.5) is 0 Å². The summed E-state index contributed by atoms with van der Waals surface area (Å²) in [7, 11) is -2.17. The second-order valence-corrected chi connectivity index (χ2v) is 0.346. The molecule has 0 saturated heterocycles. The monoisotopic (exact) mass is 114 g/mol. The zero-order chi connectivity index (χ0) is 5.58. The Morgan fingerprint density at radius 2 is 1.00 bits per heavy atom. The molecule has 0 aromatic rings. The summed E-state index contributed by atoms with van der Waals surface area (Å²) in [6, 6.07) is 0. The molecule has 0 aliphatic carbocycles. The Labute approximate surface area is 40.0 Å². The first-order chi connectivity index (χ1) is 2.73. The zero-order valence-corrected chi connectivity index (χ0v) is 3.50. The van der Waals surface area contributed by atoms with E-state index in [1.165, 1.54) is 0 Å². The van der Waals surface area contributed by atoms with E-state index < -0.39 is 7.32 Å². The number of halogens is 1. The van der Waals surface area contributed by atoms with E-state index in [2.05, 4.69) is 11.9 Å². The van der Waals surface area contributed by atoms with Gasteiger partial charge in [0.25, 0.3) is 0 Å². The smallest absolute Gasteiger partial charge is 0.402 e. The zero-order valence-electron chi connectivity index (χ0n) is 2.74. The average molecular weight is 114 g/mol. The first-order valence-corrected chi connectivity index (χ1v) is 1.28. The van der Waals surface area contributed by atoms with E-state index in [1.807, 2.05) is 0 Å². The summed E-state index contributed by atoms with van der Waals surface area (Å²) in [5, 5.41) is 21.5. The van der Waals surface area contributed by atoms with Crippen molar-refractivity contribution in [3.63, 3.8) is 0 Å². The average Bonchev–Trinajstić information content (AvgIpc) is 1.41. The maximum absolute atomic E-state index is 7.17. The lowest BCUT2D eigenvalue weighted by Gasteiger charge is -1.69. The SMILES string of the molecule is OB(O)O.OCl. The van der Waals surface area contributed by atoms with Crippen LogP contribution in [0, 0.1) is 0 Å². The molecule has 0 radical (unpaired) electrons. The highest BCUT2D eigenvalue weighted by molar-refractivity contribution is 6.30. The van der Waals surface area contributed by atoms with Gasteiger partial charge < -0.3 is 15.1 Å². The third kappa shape index (κ3) is 1130. The molecular formula is H4BClO4. The molecule has 6 heavy (non-hydrogen) atoms. The van der Waals surface area contributed by atoms with E-state index in [1.54, 1.807) is 0 Å². The van der Waals surface area contributed by atoms with Crippen LogP contribution in [0.3, 0.4) is 0 Å². The van der Waals surface area contributed by atoms with E-state index >= 15 is 0 Å². The van der Waals surface area contributed by atoms with Gasteiger partial charge in [0.05, 0.1) is 11.9 Å². The van der Waals surface area contributed by atoms with Gasteiger partial charge in [-0.2, -0.15) is 0 Å². The Bertz CT molecular complexity index is 12.3. The van der Waals surface area contributed by atoms with Crippen LogP contribution in [0.2, 0.25) is 0 Å². The molecule has 0 saturated carbocycles. The van der Waals surface area contributed by atoms with E-state index in [0.29, 0.717) is 0 Å². The van der Waals surface area contributed by atoms with Crippen LogP contribution in [0.25, 0.3) is 0 Å². The summed E-state index contributed by atoms with van der Waals surface area (Å²) in [4.78, 5) is 0. The highest BCUT2D eigenvalue weighted by Gasteiger charge is 1.92. The predicted molar refractivity (Wildman–Crippen MR) is 20.5 cm³/mol. The Morgan fingerprint density at radius 3 is 1.00 bits per heavy atom. The maximum Gasteiger partial charge on any atom is 0.631 e. The van der Waals surface area contributed by atoms with Gasteiger partial charge in [0.2, 0.25) is 0 Å². The minimum absolute atomic E-state index is 2.17. The molecule has 0 aromatic carbocycles. The van der Waals surface area contributed by atoms with Gasteiger partial charge >= 0.3 is 7.32 Å². The Hall–Kier alpha value is 0.195. The number of hydrogen-bond acceptors (Lipinski definition) is 4. The summed E-state index contributed by atoms with van der Waals surface area (Å²) >= 11 is 3.64. The molecule has 0 atom stereocenters. The minimum Gasteiger partial charge on any atom is -0.402 e. The van der Waals surface area contributed by atoms with Crippen molar-refractivity contribution in [1.29, 1.82) is 0 Å². The molecule has 0 amide bonds. The van der Waals surface area contributed by atoms with Gasteiger partial charge in [-0.1, -0.05) is 0 Å². The summed E-state index contributed by atoms with van der Waals surface area (Å²) in [6.45, 7) is 0. The Kier molecular flexibility index (Phi) is 14.2. The lowest BCUT2D eigenvalue weighted by molar-refractivity contribution is 0.278. The largest absolute Gasteiger partial charge is 0.631 e. The minimum atomic E-state index is -2.17. The van der Waals surface area contributed by atoms with Gasteiger partial charge in [-0.3, -0.25) is 4.66 Å². The number of rotatable bonds is 0. The van der Waals surface area contributed by atoms with E-state index in [-0.39, 0.29) is 0 Å². The van der Waals surface area contributed by atoms with Crippen molar-refractivity contribution in [2.45, 2.75) is 0 Å². The van der Waals surface area contributed by atoms with Crippen LogP contribution in [0.15, 0.2) is 0 Å². The predicted octanol–water partition coefficient (Wildman–Crippen LogP) is -1.92. The Morgan fingerprint density at radius 1 is 1.00 bits per heavy atom. The second-order valence-electron chi connectivity index (χ2n) is 0.346. The maximum atomic E-state index is 7.17. The van der Waals surface area contributed by atoms with Gasteiger partial charge in [-0.15, -0.1) is 0 Å². The fourth-order valence-corrected chi connectivity index (χ4v) is 0. The van der Waals surface area contributed by atoms with Crippen molar-refractivity contribution < 1.29 is 19.7 Å². The summed E-state index contributed by atoms with van der Waals surface area (Å²) < 4.78 is 6.47. The summed E-state index contributed by atoms with van der Waals surface area (Å²) in [6.07, 6.45) is 0. The van der Waals surface area contributed by atoms with Gasteiger partial charge in [0.15, 0.2) is 0 Å². The van der Waals surface area contributed by atoms with Crippen LogP contribution in [-0.2, 0) is 0 Å². The van der Waals surface area contributed by atoms with Crippen LogP contribution < -0.4 is 0 Å². The third-order valence-electron chi connectivity index (χ3n) is 0. The molecule has 6 heteroatoms. The molecular weight excluding hydrogens is 110 g/mol. The number of hydrogen-bond donors (Lipinski definition) is 4. The van der Waals surface area contributed by atoms with E-state index in [4.69, 9.17) is 19.7 Å². The van der Waals surface area contributed by atoms with Crippen molar-refractivity contribution >= 4 is 19.2 Å². The van der Waals surface area contributed by atoms with Gasteiger partial charge in [-0.05, 0) is 0 Å². The Balaban J connectivity index is 0. The highest BCUT2D eigenvalue weighted by Crippen LogP contribution is 1.40. The van der Waals surface area contributed by atoms with Crippen LogP contribution in [-0.4, -0.2) is 27.1 Å². The van der Waals surface area contributed by atoms with Gasteiger partial charge in [0, 0.05) is 0 Å². The summed E-state index contributed by atoms with van der Waals surface area (Å²) in [5.41, 5.74) is 0. The van der Waals surface area contributed by atoms with E-state index in [9.17, 15) is 0 Å². The third-order valence-corrected chi connectivity index (χ3v) is 0. The van der Waals surface area contributed by atoms with Crippen molar-refractivity contribution in [2.24, 2.45) is 0 Å². The normalized spacial score (nSPS) is 5.50. The molecule has 4 N–H and O–H groups in total. The van der Waals surface area contributed by atoms with Crippen LogP contribution in [0.1, 0.15) is 0 Å². The van der Waals surface area contributed by atoms with Crippen molar-refractivity contribution in [3.05, 3.63) is 0 Å². The molecule has 0 fully saturated rings. The van der Waals surface area contributed by atoms with Gasteiger partial charge in [0.1, 0.15) is 0 Å². The molecule has 0 rings (SSSR count). The highest BCUT2D eigenvalue weighted by atomic mass is 35.5. The molecule has 0 aliphatic rings. The molecule has 0 spiro atoms. The molecule has 38 valence electrons. The van der Waals surface area contributed by atoms with Gasteiger partial charge in [-0.25, -0.2) is 0 Å². The second kappa shape index (κ2) is 8.96. The molecule has 0 bridgehead atoms. The molecule has 4 nitrogen and oxygen atoms in total. The molecule has 0 heterocycles. The topological polar surface area (TPSA) is 80.9 Å². The van der Waals surface area contributed by atoms with Crippen molar-refractivity contribution in [1.82, 2.24) is 0 Å². The fraction of sp³-hybridized carbons (Fsp3) is 0.